The lowest BCUT2D eigenvalue weighted by molar-refractivity contribution is -0.870. The molecule has 0 aliphatic heterocycles. The molecule has 0 rings (SSSR count). The zero-order chi connectivity index (χ0) is 25.9. The number of rotatable bonds is 24. The number of quaternary nitrogens is 1. The van der Waals surface area contributed by atoms with Gasteiger partial charge in [-0.05, 0) is 25.7 Å². The Bertz CT molecular complexity index is 526. The summed E-state index contributed by atoms with van der Waals surface area (Å²) in [5.41, 5.74) is -0.853. The second-order valence-electron chi connectivity index (χ2n) is 11.3. The van der Waals surface area contributed by atoms with Gasteiger partial charge in [-0.15, -0.1) is 0 Å². The van der Waals surface area contributed by atoms with Gasteiger partial charge in [0.2, 0.25) is 0 Å². The van der Waals surface area contributed by atoms with E-state index in [1.807, 2.05) is 0 Å². The highest BCUT2D eigenvalue weighted by Gasteiger charge is 2.40. The van der Waals surface area contributed by atoms with Crippen LogP contribution in [-0.4, -0.2) is 65.3 Å². The van der Waals surface area contributed by atoms with Gasteiger partial charge in [0, 0.05) is 6.42 Å². The van der Waals surface area contributed by atoms with Gasteiger partial charge in [0.25, 0.3) is 0 Å². The van der Waals surface area contributed by atoms with Crippen molar-refractivity contribution in [2.45, 2.75) is 141 Å². The van der Waals surface area contributed by atoms with Crippen LogP contribution in [0.25, 0.3) is 0 Å². The average Bonchev–Trinajstić information content (AvgIpc) is 2.75. The van der Waals surface area contributed by atoms with Gasteiger partial charge in [-0.3, -0.25) is 9.09 Å². The molecule has 3 atom stereocenters. The summed E-state index contributed by atoms with van der Waals surface area (Å²) in [6, 6.07) is 0. The Morgan fingerprint density at radius 1 is 0.794 bits per heavy atom. The van der Waals surface area contributed by atoms with Crippen LogP contribution in [-0.2, 0) is 9.09 Å². The maximum atomic E-state index is 12.8. The van der Waals surface area contributed by atoms with E-state index in [9.17, 15) is 19.7 Å². The summed E-state index contributed by atoms with van der Waals surface area (Å²) in [7, 11) is 2.08. The molecule has 0 aliphatic rings. The van der Waals surface area contributed by atoms with E-state index in [2.05, 4.69) is 28.1 Å². The number of hydrogen-bond acceptors (Lipinski definition) is 4. The number of unbranched alkanes of at least 4 members (excludes halogenated alkanes) is 13. The van der Waals surface area contributed by atoms with Crippen molar-refractivity contribution >= 4 is 7.60 Å². The van der Waals surface area contributed by atoms with Crippen molar-refractivity contribution < 1.29 is 28.7 Å². The predicted octanol–water partition coefficient (Wildman–Crippen LogP) is 7.01. The first-order valence-corrected chi connectivity index (χ1v) is 15.8. The van der Waals surface area contributed by atoms with Crippen LogP contribution in [0.2, 0.25) is 0 Å². The van der Waals surface area contributed by atoms with Gasteiger partial charge >= 0.3 is 7.60 Å². The summed E-state index contributed by atoms with van der Waals surface area (Å²) in [4.78, 5) is 10.5. The molecule has 34 heavy (non-hydrogen) atoms. The van der Waals surface area contributed by atoms with Crippen LogP contribution in [0, 0.1) is 0 Å². The summed E-state index contributed by atoms with van der Waals surface area (Å²) in [5, 5.41) is 20.5. The number of aliphatic hydroxyl groups excluding tert-OH is 1. The van der Waals surface area contributed by atoms with E-state index in [1.165, 1.54) is 70.6 Å². The molecule has 0 spiro atoms. The molecule has 0 aromatic heterocycles. The molecular formula is C27H59NO5P+. The Hall–Kier alpha value is 0.0300. The molecular weight excluding hydrogens is 449 g/mol. The fourth-order valence-corrected chi connectivity index (χ4v) is 5.93. The van der Waals surface area contributed by atoms with Crippen LogP contribution in [0.4, 0.5) is 0 Å². The normalized spacial score (nSPS) is 16.8. The van der Waals surface area contributed by atoms with E-state index >= 15 is 0 Å². The SMILES string of the molecule is CCCCCCCCCCCCCCCCC(O)(CC)OP(=O)(O)C(CO)CCC[N+](C)(C)C. The zero-order valence-electron chi connectivity index (χ0n) is 23.3. The van der Waals surface area contributed by atoms with Crippen LogP contribution < -0.4 is 0 Å². The Balaban J connectivity index is 4.07. The fraction of sp³-hybridized carbons (Fsp3) is 1.00. The lowest BCUT2D eigenvalue weighted by atomic mass is 10.0. The highest BCUT2D eigenvalue weighted by atomic mass is 31.2. The van der Waals surface area contributed by atoms with Gasteiger partial charge < -0.3 is 19.6 Å². The minimum Gasteiger partial charge on any atom is -0.395 e. The van der Waals surface area contributed by atoms with Crippen molar-refractivity contribution in [2.75, 3.05) is 34.3 Å². The molecule has 0 aliphatic carbocycles. The van der Waals surface area contributed by atoms with E-state index in [4.69, 9.17) is 4.52 Å². The van der Waals surface area contributed by atoms with Crippen molar-refractivity contribution in [1.82, 2.24) is 0 Å². The monoisotopic (exact) mass is 508 g/mol. The molecule has 0 saturated carbocycles. The number of hydrogen-bond donors (Lipinski definition) is 3. The predicted molar refractivity (Wildman–Crippen MR) is 144 cm³/mol. The molecule has 0 saturated heterocycles. The lowest BCUT2D eigenvalue weighted by Gasteiger charge is -2.32. The first-order chi connectivity index (χ1) is 16.0. The third-order valence-electron chi connectivity index (χ3n) is 6.81. The van der Waals surface area contributed by atoms with Crippen molar-refractivity contribution in [3.63, 3.8) is 0 Å². The maximum Gasteiger partial charge on any atom is 0.335 e. The van der Waals surface area contributed by atoms with E-state index in [0.717, 1.165) is 30.3 Å². The lowest BCUT2D eigenvalue weighted by Crippen LogP contribution is -2.36. The van der Waals surface area contributed by atoms with Gasteiger partial charge in [0.1, 0.15) is 0 Å². The van der Waals surface area contributed by atoms with Gasteiger partial charge in [-0.25, -0.2) is 0 Å². The van der Waals surface area contributed by atoms with E-state index in [-0.39, 0.29) is 6.42 Å². The summed E-state index contributed by atoms with van der Waals surface area (Å²) >= 11 is 0. The molecule has 3 unspecified atom stereocenters. The Morgan fingerprint density at radius 3 is 1.62 bits per heavy atom. The smallest absolute Gasteiger partial charge is 0.335 e. The molecule has 0 heterocycles. The molecule has 0 bridgehead atoms. The average molecular weight is 509 g/mol. The third kappa shape index (κ3) is 18.3. The molecule has 0 fully saturated rings. The van der Waals surface area contributed by atoms with Crippen molar-refractivity contribution in [1.29, 1.82) is 0 Å². The minimum atomic E-state index is -4.12. The molecule has 206 valence electrons. The summed E-state index contributed by atoms with van der Waals surface area (Å²) in [5.74, 6) is -1.60. The van der Waals surface area contributed by atoms with Gasteiger partial charge in [0.15, 0.2) is 5.79 Å². The Labute approximate surface area is 211 Å². The standard InChI is InChI=1S/C27H58NO5P/c1-6-8-9-10-11-12-13-14-15-16-17-18-19-20-23-27(30,7-2)33-34(31,32)26(25-29)22-21-24-28(3,4)5/h26,29-30H,6-25H2,1-5H3/p+1. The summed E-state index contributed by atoms with van der Waals surface area (Å²) in [6.07, 6.45) is 19.3. The largest absolute Gasteiger partial charge is 0.395 e. The second kappa shape index (κ2) is 19.2. The van der Waals surface area contributed by atoms with Crippen LogP contribution in [0.5, 0.6) is 0 Å². The first kappa shape index (κ1) is 34.0. The molecule has 7 heteroatoms. The fourth-order valence-electron chi connectivity index (χ4n) is 4.36. The zero-order valence-corrected chi connectivity index (χ0v) is 24.2. The Kier molecular flexibility index (Phi) is 19.2. The first-order valence-electron chi connectivity index (χ1n) is 14.2. The van der Waals surface area contributed by atoms with Crippen molar-refractivity contribution in [3.8, 4) is 0 Å². The maximum absolute atomic E-state index is 12.8. The van der Waals surface area contributed by atoms with Crippen molar-refractivity contribution in [2.24, 2.45) is 0 Å². The highest BCUT2D eigenvalue weighted by Crippen LogP contribution is 2.53. The van der Waals surface area contributed by atoms with E-state index in [1.54, 1.807) is 6.92 Å². The van der Waals surface area contributed by atoms with Crippen LogP contribution in [0.3, 0.4) is 0 Å². The second-order valence-corrected chi connectivity index (χ2v) is 13.3. The van der Waals surface area contributed by atoms with Crippen LogP contribution >= 0.6 is 7.60 Å². The van der Waals surface area contributed by atoms with Gasteiger partial charge in [0.05, 0.1) is 40.0 Å². The van der Waals surface area contributed by atoms with Crippen LogP contribution in [0.1, 0.15) is 129 Å². The summed E-state index contributed by atoms with van der Waals surface area (Å²) < 4.78 is 19.0. The molecule has 6 nitrogen and oxygen atoms in total. The molecule has 3 N–H and O–H groups in total. The van der Waals surface area contributed by atoms with E-state index in [0.29, 0.717) is 19.3 Å². The molecule has 0 aromatic carbocycles. The Morgan fingerprint density at radius 2 is 1.24 bits per heavy atom. The third-order valence-corrected chi connectivity index (χ3v) is 8.76. The molecule has 0 radical (unpaired) electrons. The number of aliphatic hydroxyl groups is 2. The molecule has 0 aromatic rings. The highest BCUT2D eigenvalue weighted by molar-refractivity contribution is 7.53. The number of nitrogens with zero attached hydrogens (tertiary/aromatic N) is 1. The van der Waals surface area contributed by atoms with Crippen LogP contribution in [0.15, 0.2) is 0 Å². The minimum absolute atomic E-state index is 0.257. The van der Waals surface area contributed by atoms with Gasteiger partial charge in [-0.2, -0.15) is 0 Å². The topological polar surface area (TPSA) is 87.0 Å². The van der Waals surface area contributed by atoms with E-state index < -0.39 is 25.6 Å². The molecule has 0 amide bonds. The van der Waals surface area contributed by atoms with Crippen molar-refractivity contribution in [3.05, 3.63) is 0 Å². The van der Waals surface area contributed by atoms with Gasteiger partial charge in [-0.1, -0.05) is 97.3 Å². The summed E-state index contributed by atoms with van der Waals surface area (Å²) in [6.45, 7) is 4.46. The quantitative estimate of drug-likeness (QED) is 0.0565.